The van der Waals surface area contributed by atoms with E-state index in [0.717, 1.165) is 0 Å². The third-order valence-electron chi connectivity index (χ3n) is 2.51. The van der Waals surface area contributed by atoms with Crippen LogP contribution < -0.4 is 14.6 Å². The molecule has 2 aromatic carbocycles. The van der Waals surface area contributed by atoms with Crippen LogP contribution in [0.4, 0.5) is 0 Å². The number of hydrogen-bond donors (Lipinski definition) is 1. The van der Waals surface area contributed by atoms with Gasteiger partial charge < -0.3 is 14.2 Å². The molecule has 4 nitrogen and oxygen atoms in total. The Morgan fingerprint density at radius 2 is 1.55 bits per heavy atom. The summed E-state index contributed by atoms with van der Waals surface area (Å²) in [4.78, 5) is 10.0. The van der Waals surface area contributed by atoms with Gasteiger partial charge in [-0.25, -0.2) is 4.57 Å². The summed E-state index contributed by atoms with van der Waals surface area (Å²) in [5.74, 6) is 1.02. The van der Waals surface area contributed by atoms with Crippen LogP contribution in [0, 0.1) is 0 Å². The monoisotopic (exact) mass is 292 g/mol. The average molecular weight is 292 g/mol. The molecule has 20 heavy (non-hydrogen) atoms. The second-order valence-electron chi connectivity index (χ2n) is 4.59. The summed E-state index contributed by atoms with van der Waals surface area (Å²) in [7, 11) is -3.88. The number of rotatable bonds is 5. The summed E-state index contributed by atoms with van der Waals surface area (Å²) in [5.41, 5.74) is 0. The highest BCUT2D eigenvalue weighted by molar-refractivity contribution is 7.61. The van der Waals surface area contributed by atoms with E-state index in [1.54, 1.807) is 48.5 Å². The topological polar surface area (TPSA) is 55.8 Å². The van der Waals surface area contributed by atoms with E-state index in [2.05, 4.69) is 0 Å². The maximum absolute atomic E-state index is 12.2. The number of ether oxygens (including phenoxy) is 1. The van der Waals surface area contributed by atoms with Crippen molar-refractivity contribution in [3.63, 3.8) is 0 Å². The van der Waals surface area contributed by atoms with E-state index in [-0.39, 0.29) is 11.4 Å². The van der Waals surface area contributed by atoms with E-state index in [9.17, 15) is 9.46 Å². The lowest BCUT2D eigenvalue weighted by atomic mass is 10.3. The van der Waals surface area contributed by atoms with Crippen LogP contribution in [0.3, 0.4) is 0 Å². The molecule has 0 saturated carbocycles. The number of hydrogen-bond acceptors (Lipinski definition) is 3. The van der Waals surface area contributed by atoms with Gasteiger partial charge in [-0.05, 0) is 50.2 Å². The van der Waals surface area contributed by atoms with Gasteiger partial charge in [0.15, 0.2) is 0 Å². The van der Waals surface area contributed by atoms with Crippen molar-refractivity contribution in [1.29, 1.82) is 0 Å². The van der Waals surface area contributed by atoms with Crippen molar-refractivity contribution in [2.24, 2.45) is 0 Å². The standard InChI is InChI=1S/C15H17O4P/c1-12(2)18-13-8-10-15(11-9-13)20(16,17)19-14-6-4-3-5-7-14/h3-12H,1-2H3,(H,16,17). The van der Waals surface area contributed by atoms with Crippen molar-refractivity contribution in [2.45, 2.75) is 20.0 Å². The second-order valence-corrected chi connectivity index (χ2v) is 6.33. The van der Waals surface area contributed by atoms with Crippen molar-refractivity contribution in [1.82, 2.24) is 0 Å². The fraction of sp³-hybridized carbons (Fsp3) is 0.200. The Hall–Kier alpha value is -1.77. The first-order chi connectivity index (χ1) is 9.47. The van der Waals surface area contributed by atoms with Crippen LogP contribution >= 0.6 is 7.60 Å². The highest BCUT2D eigenvalue weighted by Gasteiger charge is 2.24. The van der Waals surface area contributed by atoms with Crippen molar-refractivity contribution in [2.75, 3.05) is 0 Å². The molecule has 0 aromatic heterocycles. The van der Waals surface area contributed by atoms with Gasteiger partial charge in [0.25, 0.3) is 0 Å². The minimum absolute atomic E-state index is 0.0577. The first-order valence-electron chi connectivity index (χ1n) is 6.32. The molecule has 5 heteroatoms. The number of para-hydroxylation sites is 1. The third-order valence-corrected chi connectivity index (χ3v) is 3.92. The predicted octanol–water partition coefficient (Wildman–Crippen LogP) is 3.36. The lowest BCUT2D eigenvalue weighted by molar-refractivity contribution is 0.242. The van der Waals surface area contributed by atoms with Crippen molar-refractivity contribution < 1.29 is 18.7 Å². The van der Waals surface area contributed by atoms with E-state index in [1.165, 1.54) is 0 Å². The van der Waals surface area contributed by atoms with E-state index >= 15 is 0 Å². The minimum Gasteiger partial charge on any atom is -0.491 e. The van der Waals surface area contributed by atoms with E-state index in [0.29, 0.717) is 11.5 Å². The van der Waals surface area contributed by atoms with Gasteiger partial charge in [0, 0.05) is 0 Å². The van der Waals surface area contributed by atoms with Crippen LogP contribution in [0.15, 0.2) is 54.6 Å². The smallest absolute Gasteiger partial charge is 0.408 e. The maximum atomic E-state index is 12.2. The highest BCUT2D eigenvalue weighted by Crippen LogP contribution is 2.41. The normalized spacial score (nSPS) is 13.8. The molecule has 2 rings (SSSR count). The molecule has 0 aliphatic heterocycles. The first kappa shape index (κ1) is 14.6. The van der Waals surface area contributed by atoms with Gasteiger partial charge in [-0.1, -0.05) is 18.2 Å². The SMILES string of the molecule is CC(C)Oc1ccc(P(=O)(O)Oc2ccccc2)cc1. The largest absolute Gasteiger partial charge is 0.491 e. The van der Waals surface area contributed by atoms with Gasteiger partial charge in [0.2, 0.25) is 0 Å². The summed E-state index contributed by atoms with van der Waals surface area (Å²) in [6.07, 6.45) is 0.0577. The van der Waals surface area contributed by atoms with Crippen LogP contribution in [0.1, 0.15) is 13.8 Å². The van der Waals surface area contributed by atoms with Crippen LogP contribution in [0.5, 0.6) is 11.5 Å². The fourth-order valence-electron chi connectivity index (χ4n) is 1.66. The van der Waals surface area contributed by atoms with Gasteiger partial charge in [-0.15, -0.1) is 0 Å². The van der Waals surface area contributed by atoms with Gasteiger partial charge >= 0.3 is 7.60 Å². The van der Waals surface area contributed by atoms with Crippen molar-refractivity contribution >= 4 is 12.9 Å². The van der Waals surface area contributed by atoms with Crippen molar-refractivity contribution in [3.8, 4) is 11.5 Å². The molecule has 1 N–H and O–H groups in total. The fourth-order valence-corrected chi connectivity index (χ4v) is 2.70. The summed E-state index contributed by atoms with van der Waals surface area (Å²) < 4.78 is 22.9. The molecule has 0 aliphatic carbocycles. The lowest BCUT2D eigenvalue weighted by Gasteiger charge is -2.14. The zero-order valence-electron chi connectivity index (χ0n) is 11.4. The Bertz CT molecular complexity index is 593. The molecule has 0 aliphatic rings. The first-order valence-corrected chi connectivity index (χ1v) is 7.90. The molecule has 0 amide bonds. The molecule has 106 valence electrons. The molecule has 0 spiro atoms. The Morgan fingerprint density at radius 1 is 0.950 bits per heavy atom. The van der Waals surface area contributed by atoms with Gasteiger partial charge in [0.05, 0.1) is 11.4 Å². The average Bonchev–Trinajstić information content (AvgIpc) is 2.39. The third kappa shape index (κ3) is 3.86. The van der Waals surface area contributed by atoms with Crippen LogP contribution in [0.25, 0.3) is 0 Å². The van der Waals surface area contributed by atoms with Crippen LogP contribution in [-0.2, 0) is 4.57 Å². The Morgan fingerprint density at radius 3 is 2.10 bits per heavy atom. The van der Waals surface area contributed by atoms with Crippen LogP contribution in [-0.4, -0.2) is 11.0 Å². The van der Waals surface area contributed by atoms with E-state index < -0.39 is 7.60 Å². The lowest BCUT2D eigenvalue weighted by Crippen LogP contribution is -2.10. The summed E-state index contributed by atoms with van der Waals surface area (Å²) in [6.45, 7) is 3.84. The molecule has 0 radical (unpaired) electrons. The molecule has 2 aromatic rings. The molecule has 1 atom stereocenters. The molecule has 0 heterocycles. The zero-order chi connectivity index (χ0) is 14.6. The Kier molecular flexibility index (Phi) is 4.48. The quantitative estimate of drug-likeness (QED) is 0.858. The van der Waals surface area contributed by atoms with E-state index in [4.69, 9.17) is 9.26 Å². The summed E-state index contributed by atoms with van der Waals surface area (Å²) >= 11 is 0. The van der Waals surface area contributed by atoms with Crippen LogP contribution in [0.2, 0.25) is 0 Å². The molecule has 0 fully saturated rings. The minimum atomic E-state index is -3.88. The maximum Gasteiger partial charge on any atom is 0.408 e. The van der Waals surface area contributed by atoms with E-state index in [1.807, 2.05) is 19.9 Å². The molecule has 1 unspecified atom stereocenters. The predicted molar refractivity (Wildman–Crippen MR) is 78.7 cm³/mol. The van der Waals surface area contributed by atoms with Gasteiger partial charge in [-0.2, -0.15) is 0 Å². The molecule has 0 bridgehead atoms. The second kappa shape index (κ2) is 6.12. The summed E-state index contributed by atoms with van der Waals surface area (Å²) in [6, 6.07) is 15.0. The highest BCUT2D eigenvalue weighted by atomic mass is 31.2. The number of benzene rings is 2. The van der Waals surface area contributed by atoms with Crippen molar-refractivity contribution in [3.05, 3.63) is 54.6 Å². The Balaban J connectivity index is 2.15. The molecular weight excluding hydrogens is 275 g/mol. The summed E-state index contributed by atoms with van der Waals surface area (Å²) in [5, 5.41) is 0.234. The van der Waals surface area contributed by atoms with Gasteiger partial charge in [-0.3, -0.25) is 0 Å². The Labute approximate surface area is 118 Å². The molecule has 0 saturated heterocycles. The molecular formula is C15H17O4P. The van der Waals surface area contributed by atoms with Gasteiger partial charge in [0.1, 0.15) is 11.5 Å². The zero-order valence-corrected chi connectivity index (χ0v) is 12.3.